The van der Waals surface area contributed by atoms with Crippen LogP contribution >= 0.6 is 22.7 Å². The predicted octanol–water partition coefficient (Wildman–Crippen LogP) is 3.04. The molecule has 0 bridgehead atoms. The Balaban J connectivity index is 1.92. The Bertz CT molecular complexity index is 591. The van der Waals surface area contributed by atoms with Crippen LogP contribution in [0, 0.1) is 5.92 Å². The van der Waals surface area contributed by atoms with Crippen molar-refractivity contribution in [2.24, 2.45) is 5.92 Å². The van der Waals surface area contributed by atoms with Gasteiger partial charge in [0.05, 0.1) is 10.6 Å². The van der Waals surface area contributed by atoms with E-state index < -0.39 is 0 Å². The second-order valence-corrected chi connectivity index (χ2v) is 7.25. The van der Waals surface area contributed by atoms with Crippen molar-refractivity contribution >= 4 is 32.9 Å². The van der Waals surface area contributed by atoms with Gasteiger partial charge in [0.2, 0.25) is 5.13 Å². The molecular formula is C13H19N5S2. The standard InChI is InChI=1S/C13H19N5S2/c1-3-9-10(11-16-17-12(14)20-11)19-13(15-9)18-6-4-5-8(2)7-18/h8H,3-7H2,1-2H3,(H2,14,17). The highest BCUT2D eigenvalue weighted by molar-refractivity contribution is 7.25. The zero-order chi connectivity index (χ0) is 14.1. The molecule has 0 amide bonds. The third-order valence-corrected chi connectivity index (χ3v) is 5.65. The molecule has 2 aromatic rings. The molecule has 0 spiro atoms. The first-order valence-electron chi connectivity index (χ1n) is 7.01. The number of hydrogen-bond acceptors (Lipinski definition) is 7. The second kappa shape index (κ2) is 5.65. The lowest BCUT2D eigenvalue weighted by Crippen LogP contribution is -2.34. The summed E-state index contributed by atoms with van der Waals surface area (Å²) in [5.41, 5.74) is 6.80. The summed E-state index contributed by atoms with van der Waals surface area (Å²) in [4.78, 5) is 8.36. The molecule has 3 heterocycles. The van der Waals surface area contributed by atoms with Gasteiger partial charge in [0.25, 0.3) is 0 Å². The summed E-state index contributed by atoms with van der Waals surface area (Å²) in [5.74, 6) is 0.748. The number of nitrogen functional groups attached to an aromatic ring is 1. The van der Waals surface area contributed by atoms with Crippen LogP contribution in [0.5, 0.6) is 0 Å². The van der Waals surface area contributed by atoms with Gasteiger partial charge in [0.1, 0.15) is 0 Å². The van der Waals surface area contributed by atoms with Crippen LogP contribution in [0.4, 0.5) is 10.3 Å². The Morgan fingerprint density at radius 2 is 2.20 bits per heavy atom. The normalized spacial score (nSPS) is 19.5. The highest BCUT2D eigenvalue weighted by atomic mass is 32.1. The van der Waals surface area contributed by atoms with Crippen LogP contribution in [-0.2, 0) is 6.42 Å². The zero-order valence-corrected chi connectivity index (χ0v) is 13.4. The summed E-state index contributed by atoms with van der Waals surface area (Å²) in [6, 6.07) is 0. The van der Waals surface area contributed by atoms with E-state index in [9.17, 15) is 0 Å². The van der Waals surface area contributed by atoms with Crippen LogP contribution < -0.4 is 10.6 Å². The summed E-state index contributed by atoms with van der Waals surface area (Å²) < 4.78 is 0. The number of piperidine rings is 1. The van der Waals surface area contributed by atoms with Gasteiger partial charge in [-0.05, 0) is 25.2 Å². The number of rotatable bonds is 3. The number of aromatic nitrogens is 3. The molecule has 5 nitrogen and oxygen atoms in total. The molecule has 0 radical (unpaired) electrons. The number of nitrogens with zero attached hydrogens (tertiary/aromatic N) is 4. The van der Waals surface area contributed by atoms with Gasteiger partial charge >= 0.3 is 0 Å². The Hall–Kier alpha value is -1.21. The van der Waals surface area contributed by atoms with E-state index in [0.29, 0.717) is 5.13 Å². The number of thiazole rings is 1. The molecule has 108 valence electrons. The Morgan fingerprint density at radius 1 is 1.35 bits per heavy atom. The first kappa shape index (κ1) is 13.8. The van der Waals surface area contributed by atoms with Gasteiger partial charge in [-0.25, -0.2) is 4.98 Å². The molecule has 3 rings (SSSR count). The van der Waals surface area contributed by atoms with Gasteiger partial charge in [0, 0.05) is 13.1 Å². The summed E-state index contributed by atoms with van der Waals surface area (Å²) in [6.45, 7) is 6.66. The molecule has 0 saturated carbocycles. The molecule has 1 atom stereocenters. The van der Waals surface area contributed by atoms with E-state index in [4.69, 9.17) is 10.7 Å². The topological polar surface area (TPSA) is 67.9 Å². The fourth-order valence-electron chi connectivity index (χ4n) is 2.57. The number of nitrogens with two attached hydrogens (primary N) is 1. The smallest absolute Gasteiger partial charge is 0.203 e. The maximum absolute atomic E-state index is 5.69. The summed E-state index contributed by atoms with van der Waals surface area (Å²) >= 11 is 3.16. The summed E-state index contributed by atoms with van der Waals surface area (Å²) in [5, 5.41) is 10.6. The van der Waals surface area contributed by atoms with Crippen molar-refractivity contribution in [1.82, 2.24) is 15.2 Å². The third kappa shape index (κ3) is 2.64. The number of anilines is 2. The van der Waals surface area contributed by atoms with E-state index in [0.717, 1.165) is 46.1 Å². The lowest BCUT2D eigenvalue weighted by Gasteiger charge is -2.30. The van der Waals surface area contributed by atoms with Crippen molar-refractivity contribution in [3.8, 4) is 9.88 Å². The van der Waals surface area contributed by atoms with Crippen LogP contribution in [-0.4, -0.2) is 28.3 Å². The summed E-state index contributed by atoms with van der Waals surface area (Å²) in [6.07, 6.45) is 3.49. The highest BCUT2D eigenvalue weighted by Gasteiger charge is 2.22. The van der Waals surface area contributed by atoms with E-state index in [1.807, 2.05) is 0 Å². The van der Waals surface area contributed by atoms with Crippen molar-refractivity contribution in [2.75, 3.05) is 23.7 Å². The van der Waals surface area contributed by atoms with Crippen molar-refractivity contribution in [3.63, 3.8) is 0 Å². The number of aryl methyl sites for hydroxylation is 1. The SMILES string of the molecule is CCc1nc(N2CCCC(C)C2)sc1-c1nnc(N)s1. The minimum absolute atomic E-state index is 0.517. The molecule has 1 aliphatic rings. The van der Waals surface area contributed by atoms with Gasteiger partial charge < -0.3 is 10.6 Å². The average molecular weight is 309 g/mol. The predicted molar refractivity (Wildman–Crippen MR) is 85.4 cm³/mol. The van der Waals surface area contributed by atoms with Crippen LogP contribution in [0.1, 0.15) is 32.4 Å². The van der Waals surface area contributed by atoms with Crippen molar-refractivity contribution in [3.05, 3.63) is 5.69 Å². The van der Waals surface area contributed by atoms with Crippen molar-refractivity contribution < 1.29 is 0 Å². The molecule has 2 N–H and O–H groups in total. The maximum atomic E-state index is 5.69. The molecule has 0 aliphatic carbocycles. The van der Waals surface area contributed by atoms with E-state index in [1.165, 1.54) is 24.2 Å². The lowest BCUT2D eigenvalue weighted by atomic mass is 10.0. The summed E-state index contributed by atoms with van der Waals surface area (Å²) in [7, 11) is 0. The van der Waals surface area contributed by atoms with E-state index in [-0.39, 0.29) is 0 Å². The second-order valence-electron chi connectivity index (χ2n) is 5.26. The quantitative estimate of drug-likeness (QED) is 0.944. The minimum atomic E-state index is 0.517. The van der Waals surface area contributed by atoms with Crippen molar-refractivity contribution in [1.29, 1.82) is 0 Å². The van der Waals surface area contributed by atoms with Crippen LogP contribution in [0.3, 0.4) is 0 Å². The van der Waals surface area contributed by atoms with Gasteiger partial charge in [0.15, 0.2) is 10.1 Å². The van der Waals surface area contributed by atoms with Crippen molar-refractivity contribution in [2.45, 2.75) is 33.1 Å². The van der Waals surface area contributed by atoms with Gasteiger partial charge in [-0.1, -0.05) is 36.5 Å². The molecule has 1 unspecified atom stereocenters. The van der Waals surface area contributed by atoms with Gasteiger partial charge in [-0.2, -0.15) is 0 Å². The Kier molecular flexibility index (Phi) is 3.89. The van der Waals surface area contributed by atoms with Crippen LogP contribution in [0.2, 0.25) is 0 Å². The monoisotopic (exact) mass is 309 g/mol. The molecule has 1 saturated heterocycles. The third-order valence-electron chi connectivity index (χ3n) is 3.58. The number of hydrogen-bond donors (Lipinski definition) is 1. The molecule has 2 aromatic heterocycles. The molecule has 0 aromatic carbocycles. The van der Waals surface area contributed by atoms with Crippen LogP contribution in [0.25, 0.3) is 9.88 Å². The van der Waals surface area contributed by atoms with E-state index in [1.54, 1.807) is 11.3 Å². The first-order chi connectivity index (χ1) is 9.67. The molecular weight excluding hydrogens is 290 g/mol. The first-order valence-corrected chi connectivity index (χ1v) is 8.64. The molecule has 1 aliphatic heterocycles. The van der Waals surface area contributed by atoms with Gasteiger partial charge in [-0.15, -0.1) is 10.2 Å². The highest BCUT2D eigenvalue weighted by Crippen LogP contribution is 2.38. The zero-order valence-electron chi connectivity index (χ0n) is 11.8. The fourth-order valence-corrected chi connectivity index (χ4v) is 4.46. The van der Waals surface area contributed by atoms with E-state index >= 15 is 0 Å². The molecule has 20 heavy (non-hydrogen) atoms. The fraction of sp³-hybridized carbons (Fsp3) is 0.615. The molecule has 7 heteroatoms. The Labute approximate surface area is 126 Å². The largest absolute Gasteiger partial charge is 0.374 e. The molecule has 1 fully saturated rings. The van der Waals surface area contributed by atoms with Gasteiger partial charge in [-0.3, -0.25) is 0 Å². The maximum Gasteiger partial charge on any atom is 0.203 e. The Morgan fingerprint density at radius 3 is 2.85 bits per heavy atom. The lowest BCUT2D eigenvalue weighted by molar-refractivity contribution is 0.446. The average Bonchev–Trinajstić information content (AvgIpc) is 3.04. The van der Waals surface area contributed by atoms with E-state index in [2.05, 4.69) is 28.9 Å². The van der Waals surface area contributed by atoms with Crippen LogP contribution in [0.15, 0.2) is 0 Å². The minimum Gasteiger partial charge on any atom is -0.374 e.